The van der Waals surface area contributed by atoms with Crippen LogP contribution in [0.2, 0.25) is 0 Å². The fraction of sp³-hybridized carbons (Fsp3) is 0.304. The molecule has 0 atom stereocenters. The van der Waals surface area contributed by atoms with Gasteiger partial charge in [0, 0.05) is 19.6 Å². The van der Waals surface area contributed by atoms with Gasteiger partial charge in [0.15, 0.2) is 0 Å². The third kappa shape index (κ3) is 5.55. The minimum absolute atomic E-state index is 0.201. The van der Waals surface area contributed by atoms with E-state index in [1.807, 2.05) is 18.2 Å². The number of nitrogens with zero attached hydrogens (tertiary/aromatic N) is 1. The lowest BCUT2D eigenvalue weighted by Crippen LogP contribution is -2.37. The SMILES string of the molecule is FC(F)Oc1cccc(CN2CCC(Oc3ccc(-c4ccsc4)cc3)CC2)c1. The van der Waals surface area contributed by atoms with Crippen LogP contribution in [-0.4, -0.2) is 30.7 Å². The Hall–Kier alpha value is -2.44. The maximum atomic E-state index is 12.4. The zero-order chi connectivity index (χ0) is 20.1. The minimum Gasteiger partial charge on any atom is -0.490 e. The molecule has 2 aromatic carbocycles. The first kappa shape index (κ1) is 19.9. The average molecular weight is 416 g/mol. The Kier molecular flexibility index (Phi) is 6.42. The Morgan fingerprint density at radius 3 is 2.45 bits per heavy atom. The molecule has 1 aliphatic heterocycles. The van der Waals surface area contributed by atoms with Gasteiger partial charge in [-0.15, -0.1) is 0 Å². The van der Waals surface area contributed by atoms with E-state index < -0.39 is 6.61 Å². The topological polar surface area (TPSA) is 21.7 Å². The lowest BCUT2D eigenvalue weighted by atomic mass is 10.1. The van der Waals surface area contributed by atoms with Crippen molar-refractivity contribution in [1.82, 2.24) is 4.90 Å². The van der Waals surface area contributed by atoms with Crippen molar-refractivity contribution in [2.75, 3.05) is 13.1 Å². The molecule has 0 radical (unpaired) electrons. The molecular formula is C23H23F2NO2S. The lowest BCUT2D eigenvalue weighted by molar-refractivity contribution is -0.0499. The fourth-order valence-corrected chi connectivity index (χ4v) is 4.28. The van der Waals surface area contributed by atoms with E-state index in [9.17, 15) is 8.78 Å². The van der Waals surface area contributed by atoms with E-state index >= 15 is 0 Å². The van der Waals surface area contributed by atoms with Crippen LogP contribution in [0.25, 0.3) is 11.1 Å². The van der Waals surface area contributed by atoms with Crippen molar-refractivity contribution in [3.05, 3.63) is 70.9 Å². The molecule has 6 heteroatoms. The van der Waals surface area contributed by atoms with Gasteiger partial charge in [-0.3, -0.25) is 4.90 Å². The number of halogens is 2. The van der Waals surface area contributed by atoms with Gasteiger partial charge in [0.1, 0.15) is 17.6 Å². The van der Waals surface area contributed by atoms with Crippen LogP contribution in [0.4, 0.5) is 8.78 Å². The molecule has 3 aromatic rings. The molecule has 4 rings (SSSR count). The van der Waals surface area contributed by atoms with Gasteiger partial charge in [-0.1, -0.05) is 24.3 Å². The summed E-state index contributed by atoms with van der Waals surface area (Å²) < 4.78 is 35.4. The van der Waals surface area contributed by atoms with Crippen molar-refractivity contribution < 1.29 is 18.3 Å². The van der Waals surface area contributed by atoms with Crippen molar-refractivity contribution in [2.45, 2.75) is 32.1 Å². The van der Waals surface area contributed by atoms with Crippen molar-refractivity contribution in [1.29, 1.82) is 0 Å². The molecule has 152 valence electrons. The number of benzene rings is 2. The molecule has 0 aliphatic carbocycles. The monoisotopic (exact) mass is 415 g/mol. The molecule has 3 nitrogen and oxygen atoms in total. The normalized spacial score (nSPS) is 15.6. The van der Waals surface area contributed by atoms with E-state index in [4.69, 9.17) is 4.74 Å². The third-order valence-electron chi connectivity index (χ3n) is 5.08. The first-order valence-corrected chi connectivity index (χ1v) is 10.7. The second-order valence-corrected chi connectivity index (χ2v) is 7.94. The van der Waals surface area contributed by atoms with Crippen LogP contribution in [0.15, 0.2) is 65.4 Å². The largest absolute Gasteiger partial charge is 0.490 e. The number of piperidine rings is 1. The Labute approximate surface area is 173 Å². The molecule has 0 spiro atoms. The lowest BCUT2D eigenvalue weighted by Gasteiger charge is -2.32. The maximum Gasteiger partial charge on any atom is 0.387 e. The number of alkyl halides is 2. The summed E-state index contributed by atoms with van der Waals surface area (Å²) in [6.07, 6.45) is 2.09. The molecular weight excluding hydrogens is 392 g/mol. The van der Waals surface area contributed by atoms with Crippen LogP contribution in [-0.2, 0) is 6.54 Å². The number of ether oxygens (including phenoxy) is 2. The first-order valence-electron chi connectivity index (χ1n) is 9.71. The molecule has 0 saturated carbocycles. The van der Waals surface area contributed by atoms with Gasteiger partial charge in [-0.2, -0.15) is 20.1 Å². The predicted molar refractivity (Wildman–Crippen MR) is 112 cm³/mol. The van der Waals surface area contributed by atoms with Gasteiger partial charge in [-0.25, -0.2) is 0 Å². The van der Waals surface area contributed by atoms with Gasteiger partial charge < -0.3 is 9.47 Å². The summed E-state index contributed by atoms with van der Waals surface area (Å²) in [5.41, 5.74) is 3.41. The molecule has 29 heavy (non-hydrogen) atoms. The summed E-state index contributed by atoms with van der Waals surface area (Å²) in [5, 5.41) is 4.22. The van der Waals surface area contributed by atoms with Gasteiger partial charge in [0.05, 0.1) is 0 Å². The predicted octanol–water partition coefficient (Wildman–Crippen LogP) is 6.06. The highest BCUT2D eigenvalue weighted by Gasteiger charge is 2.21. The van der Waals surface area contributed by atoms with Crippen LogP contribution < -0.4 is 9.47 Å². The summed E-state index contributed by atoms with van der Waals surface area (Å²) in [6.45, 7) is -0.241. The molecule has 1 fully saturated rings. The maximum absolute atomic E-state index is 12.4. The van der Waals surface area contributed by atoms with Gasteiger partial charge in [0.25, 0.3) is 0 Å². The number of thiophene rings is 1. The van der Waals surface area contributed by atoms with E-state index in [-0.39, 0.29) is 11.9 Å². The van der Waals surface area contributed by atoms with Crippen LogP contribution in [0, 0.1) is 0 Å². The number of likely N-dealkylation sites (tertiary alicyclic amines) is 1. The van der Waals surface area contributed by atoms with Crippen molar-refractivity contribution >= 4 is 11.3 Å². The second kappa shape index (κ2) is 9.37. The Bertz CT molecular complexity index is 892. The number of rotatable bonds is 7. The van der Waals surface area contributed by atoms with Crippen LogP contribution in [0.5, 0.6) is 11.5 Å². The summed E-state index contributed by atoms with van der Waals surface area (Å²) in [7, 11) is 0. The molecule has 1 aromatic heterocycles. The average Bonchev–Trinajstić information content (AvgIpc) is 3.25. The van der Waals surface area contributed by atoms with E-state index in [2.05, 4.69) is 38.6 Å². The standard InChI is InChI=1S/C23H23F2NO2S/c24-23(25)28-22-3-1-2-17(14-22)15-26-11-8-21(9-12-26)27-20-6-4-18(5-7-20)19-10-13-29-16-19/h1-7,10,13-14,16,21,23H,8-9,11-12,15H2. The summed E-state index contributed by atoms with van der Waals surface area (Å²) in [6, 6.07) is 17.3. The summed E-state index contributed by atoms with van der Waals surface area (Å²) in [5.74, 6) is 1.11. The highest BCUT2D eigenvalue weighted by Crippen LogP contribution is 2.26. The smallest absolute Gasteiger partial charge is 0.387 e. The third-order valence-corrected chi connectivity index (χ3v) is 5.76. The van der Waals surface area contributed by atoms with Crippen LogP contribution >= 0.6 is 11.3 Å². The van der Waals surface area contributed by atoms with E-state index in [0.717, 1.165) is 43.8 Å². The Morgan fingerprint density at radius 2 is 1.76 bits per heavy atom. The van der Waals surface area contributed by atoms with Gasteiger partial charge in [0.2, 0.25) is 0 Å². The Balaban J connectivity index is 1.26. The molecule has 2 heterocycles. The Morgan fingerprint density at radius 1 is 0.966 bits per heavy atom. The van der Waals surface area contributed by atoms with Gasteiger partial charge >= 0.3 is 6.61 Å². The van der Waals surface area contributed by atoms with Crippen molar-refractivity contribution in [2.24, 2.45) is 0 Å². The highest BCUT2D eigenvalue weighted by atomic mass is 32.1. The van der Waals surface area contributed by atoms with E-state index in [0.29, 0.717) is 0 Å². The molecule has 0 unspecified atom stereocenters. The molecule has 0 amide bonds. The van der Waals surface area contributed by atoms with E-state index in [1.165, 1.54) is 11.1 Å². The minimum atomic E-state index is -2.79. The summed E-state index contributed by atoms with van der Waals surface area (Å²) >= 11 is 1.69. The van der Waals surface area contributed by atoms with Crippen LogP contribution in [0.1, 0.15) is 18.4 Å². The zero-order valence-electron chi connectivity index (χ0n) is 16.0. The van der Waals surface area contributed by atoms with E-state index in [1.54, 1.807) is 29.5 Å². The molecule has 1 saturated heterocycles. The van der Waals surface area contributed by atoms with Crippen molar-refractivity contribution in [3.8, 4) is 22.6 Å². The van der Waals surface area contributed by atoms with Gasteiger partial charge in [-0.05, 0) is 70.6 Å². The number of hydrogen-bond acceptors (Lipinski definition) is 4. The van der Waals surface area contributed by atoms with Crippen LogP contribution in [0.3, 0.4) is 0 Å². The quantitative estimate of drug-likeness (QED) is 0.468. The second-order valence-electron chi connectivity index (χ2n) is 7.16. The molecule has 0 N–H and O–H groups in total. The highest BCUT2D eigenvalue weighted by molar-refractivity contribution is 7.08. The number of hydrogen-bond donors (Lipinski definition) is 0. The molecule has 0 bridgehead atoms. The zero-order valence-corrected chi connectivity index (χ0v) is 16.8. The molecule has 1 aliphatic rings. The first-order chi connectivity index (χ1) is 14.2. The fourth-order valence-electron chi connectivity index (χ4n) is 3.61. The van der Waals surface area contributed by atoms with Crippen molar-refractivity contribution in [3.63, 3.8) is 0 Å². The summed E-state index contributed by atoms with van der Waals surface area (Å²) in [4.78, 5) is 2.32.